The van der Waals surface area contributed by atoms with Crippen LogP contribution in [0.3, 0.4) is 0 Å². The van der Waals surface area contributed by atoms with Crippen LogP contribution in [-0.2, 0) is 4.74 Å². The number of nitrogens with zero attached hydrogens (tertiary/aromatic N) is 3. The standard InChI is InChI=1S/C24H25N5O2S/c1-15-10-16-11-17(2-3-19(16)26-15)27-20-4-5-25-21-12-22(32-23(20)21)24(30)29-13-18(14-29)28-6-8-31-9-7-28/h2-5,10-12,18,26H,6-9,13-14H2,1H3,(H,25,27). The minimum Gasteiger partial charge on any atom is -0.379 e. The molecule has 4 aromatic rings. The van der Waals surface area contributed by atoms with Gasteiger partial charge in [-0.1, -0.05) is 0 Å². The third-order valence-electron chi connectivity index (χ3n) is 6.37. The summed E-state index contributed by atoms with van der Waals surface area (Å²) in [4.78, 5) is 26.1. The second-order valence-corrected chi connectivity index (χ2v) is 9.63. The number of H-pyrrole nitrogens is 1. The Labute approximate surface area is 190 Å². The first-order chi connectivity index (χ1) is 15.6. The van der Waals surface area contributed by atoms with Gasteiger partial charge in [-0.15, -0.1) is 11.3 Å². The van der Waals surface area contributed by atoms with Crippen LogP contribution in [0.25, 0.3) is 21.1 Å². The molecule has 0 unspecified atom stereocenters. The van der Waals surface area contributed by atoms with Crippen LogP contribution in [-0.4, -0.2) is 71.1 Å². The Hall–Kier alpha value is -2.94. The molecule has 164 valence electrons. The molecule has 2 aliphatic heterocycles. The molecule has 5 heterocycles. The fourth-order valence-corrected chi connectivity index (χ4v) is 5.66. The minimum atomic E-state index is 0.104. The highest BCUT2D eigenvalue weighted by Crippen LogP contribution is 2.34. The van der Waals surface area contributed by atoms with Crippen LogP contribution in [0.1, 0.15) is 15.4 Å². The number of pyridine rings is 1. The van der Waals surface area contributed by atoms with Crippen LogP contribution in [0.4, 0.5) is 11.4 Å². The van der Waals surface area contributed by atoms with E-state index in [1.807, 2.05) is 17.0 Å². The smallest absolute Gasteiger partial charge is 0.264 e. The van der Waals surface area contributed by atoms with Crippen molar-refractivity contribution in [1.82, 2.24) is 19.8 Å². The Balaban J connectivity index is 1.20. The fraction of sp³-hybridized carbons (Fsp3) is 0.333. The SMILES string of the molecule is Cc1cc2cc(Nc3ccnc4cc(C(=O)N5CC(N6CCOCC6)C5)sc34)ccc2[nH]1. The molecule has 0 saturated carbocycles. The van der Waals surface area contributed by atoms with Crippen molar-refractivity contribution in [2.45, 2.75) is 13.0 Å². The normalized spacial score (nSPS) is 17.7. The molecular formula is C24H25N5O2S. The van der Waals surface area contributed by atoms with Gasteiger partial charge < -0.3 is 19.9 Å². The molecule has 2 N–H and O–H groups in total. The van der Waals surface area contributed by atoms with Crippen molar-refractivity contribution in [3.63, 3.8) is 0 Å². The van der Waals surface area contributed by atoms with E-state index in [2.05, 4.69) is 51.4 Å². The number of hydrogen-bond acceptors (Lipinski definition) is 6. The summed E-state index contributed by atoms with van der Waals surface area (Å²) in [5, 5.41) is 4.69. The van der Waals surface area contributed by atoms with Gasteiger partial charge in [0.05, 0.1) is 34.0 Å². The lowest BCUT2D eigenvalue weighted by molar-refractivity contribution is -0.0254. The summed E-state index contributed by atoms with van der Waals surface area (Å²) in [6.45, 7) is 7.15. The predicted octanol–water partition coefficient (Wildman–Crippen LogP) is 3.99. The number of anilines is 2. The predicted molar refractivity (Wildman–Crippen MR) is 128 cm³/mol. The van der Waals surface area contributed by atoms with Gasteiger partial charge in [0, 0.05) is 60.7 Å². The van der Waals surface area contributed by atoms with Crippen molar-refractivity contribution in [3.05, 3.63) is 53.2 Å². The van der Waals surface area contributed by atoms with Crippen molar-refractivity contribution < 1.29 is 9.53 Å². The van der Waals surface area contributed by atoms with E-state index in [-0.39, 0.29) is 5.91 Å². The van der Waals surface area contributed by atoms with E-state index in [4.69, 9.17) is 4.74 Å². The lowest BCUT2D eigenvalue weighted by atomic mass is 10.1. The number of hydrogen-bond donors (Lipinski definition) is 2. The monoisotopic (exact) mass is 447 g/mol. The van der Waals surface area contributed by atoms with Crippen LogP contribution in [0.2, 0.25) is 0 Å². The number of likely N-dealkylation sites (tertiary alicyclic amines) is 1. The fourth-order valence-electron chi connectivity index (χ4n) is 4.60. The number of ether oxygens (including phenoxy) is 1. The second-order valence-electron chi connectivity index (χ2n) is 8.58. The first-order valence-corrected chi connectivity index (χ1v) is 11.8. The van der Waals surface area contributed by atoms with Gasteiger partial charge in [0.25, 0.3) is 5.91 Å². The van der Waals surface area contributed by atoms with Gasteiger partial charge in [0.2, 0.25) is 0 Å². The van der Waals surface area contributed by atoms with E-state index in [0.717, 1.165) is 77.1 Å². The Morgan fingerprint density at radius 3 is 2.88 bits per heavy atom. The van der Waals surface area contributed by atoms with Crippen LogP contribution in [0.5, 0.6) is 0 Å². The van der Waals surface area contributed by atoms with Gasteiger partial charge in [-0.25, -0.2) is 0 Å². The molecule has 1 aromatic carbocycles. The number of nitrogens with one attached hydrogen (secondary N) is 2. The molecule has 2 saturated heterocycles. The van der Waals surface area contributed by atoms with Crippen molar-refractivity contribution >= 4 is 49.7 Å². The molecule has 0 bridgehead atoms. The van der Waals surface area contributed by atoms with Gasteiger partial charge >= 0.3 is 0 Å². The van der Waals surface area contributed by atoms with Gasteiger partial charge in [0.15, 0.2) is 0 Å². The van der Waals surface area contributed by atoms with Crippen molar-refractivity contribution in [1.29, 1.82) is 0 Å². The number of amides is 1. The molecule has 32 heavy (non-hydrogen) atoms. The van der Waals surface area contributed by atoms with Crippen LogP contribution in [0, 0.1) is 6.92 Å². The van der Waals surface area contributed by atoms with Gasteiger partial charge in [0.1, 0.15) is 0 Å². The molecule has 7 nitrogen and oxygen atoms in total. The van der Waals surface area contributed by atoms with Crippen LogP contribution < -0.4 is 5.32 Å². The highest BCUT2D eigenvalue weighted by atomic mass is 32.1. The van der Waals surface area contributed by atoms with Crippen LogP contribution >= 0.6 is 11.3 Å². The van der Waals surface area contributed by atoms with Gasteiger partial charge in [-0.3, -0.25) is 14.7 Å². The molecular weight excluding hydrogens is 422 g/mol. The molecule has 1 amide bonds. The minimum absolute atomic E-state index is 0.104. The van der Waals surface area contributed by atoms with Crippen molar-refractivity contribution in [2.24, 2.45) is 0 Å². The quantitative estimate of drug-likeness (QED) is 0.495. The van der Waals surface area contributed by atoms with Gasteiger partial charge in [-0.2, -0.15) is 0 Å². The summed E-state index contributed by atoms with van der Waals surface area (Å²) in [5.41, 5.74) is 5.11. The molecule has 8 heteroatoms. The number of morpholine rings is 1. The summed E-state index contributed by atoms with van der Waals surface area (Å²) in [7, 11) is 0. The number of fused-ring (bicyclic) bond motifs is 2. The summed E-state index contributed by atoms with van der Waals surface area (Å²) in [6, 6.07) is 12.8. The number of rotatable bonds is 4. The average molecular weight is 448 g/mol. The highest BCUT2D eigenvalue weighted by Gasteiger charge is 2.36. The number of carbonyl (C=O) groups is 1. The lowest BCUT2D eigenvalue weighted by Crippen LogP contribution is -2.62. The maximum Gasteiger partial charge on any atom is 0.264 e. The molecule has 2 fully saturated rings. The molecule has 3 aromatic heterocycles. The molecule has 6 rings (SSSR count). The third kappa shape index (κ3) is 3.54. The van der Waals surface area contributed by atoms with E-state index >= 15 is 0 Å². The number of aromatic nitrogens is 2. The number of carbonyl (C=O) groups excluding carboxylic acids is 1. The Morgan fingerprint density at radius 2 is 2.03 bits per heavy atom. The van der Waals surface area contributed by atoms with E-state index in [0.29, 0.717) is 6.04 Å². The number of thiophene rings is 1. The molecule has 0 spiro atoms. The lowest BCUT2D eigenvalue weighted by Gasteiger charge is -2.46. The zero-order valence-electron chi connectivity index (χ0n) is 17.9. The van der Waals surface area contributed by atoms with Crippen molar-refractivity contribution in [3.8, 4) is 0 Å². The Morgan fingerprint density at radius 1 is 1.19 bits per heavy atom. The highest BCUT2D eigenvalue weighted by molar-refractivity contribution is 7.21. The number of aromatic amines is 1. The van der Waals surface area contributed by atoms with E-state index < -0.39 is 0 Å². The summed E-state index contributed by atoms with van der Waals surface area (Å²) in [5.74, 6) is 0.104. The summed E-state index contributed by atoms with van der Waals surface area (Å²) < 4.78 is 6.44. The zero-order chi connectivity index (χ0) is 21.7. The molecule has 2 aliphatic rings. The number of aryl methyl sites for hydroxylation is 1. The molecule has 0 aliphatic carbocycles. The molecule has 0 atom stereocenters. The zero-order valence-corrected chi connectivity index (χ0v) is 18.7. The Kier molecular flexibility index (Phi) is 4.86. The van der Waals surface area contributed by atoms with E-state index in [1.165, 1.54) is 16.7 Å². The van der Waals surface area contributed by atoms with E-state index in [9.17, 15) is 4.79 Å². The largest absolute Gasteiger partial charge is 0.379 e. The van der Waals surface area contributed by atoms with Crippen LogP contribution in [0.15, 0.2) is 42.6 Å². The summed E-state index contributed by atoms with van der Waals surface area (Å²) in [6.07, 6.45) is 1.79. The van der Waals surface area contributed by atoms with Gasteiger partial charge in [-0.05, 0) is 43.3 Å². The maximum absolute atomic E-state index is 13.1. The second kappa shape index (κ2) is 7.88. The number of benzene rings is 1. The summed E-state index contributed by atoms with van der Waals surface area (Å²) >= 11 is 1.52. The maximum atomic E-state index is 13.1. The first-order valence-electron chi connectivity index (χ1n) is 11.0. The average Bonchev–Trinajstić information content (AvgIpc) is 3.36. The Bertz CT molecular complexity index is 1300. The topological polar surface area (TPSA) is 73.5 Å². The molecule has 0 radical (unpaired) electrons. The van der Waals surface area contributed by atoms with E-state index in [1.54, 1.807) is 6.20 Å². The van der Waals surface area contributed by atoms with Crippen molar-refractivity contribution in [2.75, 3.05) is 44.7 Å². The third-order valence-corrected chi connectivity index (χ3v) is 7.51. The first kappa shape index (κ1) is 19.7.